The molecule has 15 heavy (non-hydrogen) atoms. The Kier molecular flexibility index (Phi) is 2.14. The van der Waals surface area contributed by atoms with Gasteiger partial charge in [-0.25, -0.2) is 0 Å². The number of carbonyl (C=O) groups excluding carboxylic acids is 1. The van der Waals surface area contributed by atoms with Crippen molar-refractivity contribution in [1.29, 1.82) is 0 Å². The molecule has 1 aromatic carbocycles. The molecule has 2 N–H and O–H groups in total. The smallest absolute Gasteiger partial charge is 0.172 e. The fourth-order valence-corrected chi connectivity index (χ4v) is 1.91. The van der Waals surface area contributed by atoms with Crippen LogP contribution < -0.4 is 5.73 Å². The Morgan fingerprint density at radius 2 is 1.80 bits per heavy atom. The van der Waals surface area contributed by atoms with Crippen molar-refractivity contribution in [3.63, 3.8) is 0 Å². The van der Waals surface area contributed by atoms with Crippen LogP contribution in [0.4, 0.5) is 0 Å². The van der Waals surface area contributed by atoms with E-state index in [0.717, 1.165) is 16.8 Å². The quantitative estimate of drug-likeness (QED) is 0.795. The summed E-state index contributed by atoms with van der Waals surface area (Å²) in [5.74, 6) is 0.184. The van der Waals surface area contributed by atoms with Crippen molar-refractivity contribution in [2.75, 3.05) is 0 Å². The summed E-state index contributed by atoms with van der Waals surface area (Å²) in [4.78, 5) is 11.8. The van der Waals surface area contributed by atoms with Crippen LogP contribution in [0.15, 0.2) is 41.6 Å². The highest BCUT2D eigenvalue weighted by molar-refractivity contribution is 6.09. The number of hydrogen-bond donors (Lipinski definition) is 1. The fourth-order valence-electron chi connectivity index (χ4n) is 1.91. The Balaban J connectivity index is 2.23. The summed E-state index contributed by atoms with van der Waals surface area (Å²) in [5.41, 5.74) is 8.13. The maximum atomic E-state index is 11.8. The molecule has 0 spiro atoms. The Bertz CT molecular complexity index is 429. The third-order valence-corrected chi connectivity index (χ3v) is 3.06. The number of ketones is 1. The Labute approximate surface area is 89.8 Å². The maximum absolute atomic E-state index is 11.8. The average Bonchev–Trinajstić information content (AvgIpc) is 2.26. The van der Waals surface area contributed by atoms with Crippen molar-refractivity contribution in [3.8, 4) is 0 Å². The SMILES string of the molecule is CC1(C)C(=O)C(Cc2ccccc2)=C1N. The zero-order valence-corrected chi connectivity index (χ0v) is 9.08. The Morgan fingerprint density at radius 1 is 1.20 bits per heavy atom. The van der Waals surface area contributed by atoms with Crippen LogP contribution in [0, 0.1) is 5.41 Å². The molecule has 1 aromatic rings. The second kappa shape index (κ2) is 3.23. The van der Waals surface area contributed by atoms with E-state index in [1.807, 2.05) is 44.2 Å². The van der Waals surface area contributed by atoms with Crippen molar-refractivity contribution < 1.29 is 4.79 Å². The molecular formula is C13H15NO. The zero-order chi connectivity index (χ0) is 11.1. The summed E-state index contributed by atoms with van der Waals surface area (Å²) in [7, 11) is 0. The minimum atomic E-state index is -0.440. The molecule has 0 atom stereocenters. The lowest BCUT2D eigenvalue weighted by Gasteiger charge is -2.36. The second-order valence-electron chi connectivity index (χ2n) is 4.51. The van der Waals surface area contributed by atoms with Crippen molar-refractivity contribution in [2.24, 2.45) is 11.1 Å². The van der Waals surface area contributed by atoms with Crippen LogP contribution in [0.1, 0.15) is 19.4 Å². The van der Waals surface area contributed by atoms with Gasteiger partial charge in [0.1, 0.15) is 0 Å². The van der Waals surface area contributed by atoms with Crippen LogP contribution in [-0.4, -0.2) is 5.78 Å². The lowest BCUT2D eigenvalue weighted by atomic mass is 9.68. The highest BCUT2D eigenvalue weighted by Crippen LogP contribution is 2.40. The summed E-state index contributed by atoms with van der Waals surface area (Å²) in [6, 6.07) is 9.94. The number of nitrogens with two attached hydrogens (primary N) is 1. The minimum absolute atomic E-state index is 0.184. The molecule has 0 aromatic heterocycles. The van der Waals surface area contributed by atoms with Crippen LogP contribution in [0.2, 0.25) is 0 Å². The Morgan fingerprint density at radius 3 is 2.33 bits per heavy atom. The molecule has 0 saturated heterocycles. The summed E-state index contributed by atoms with van der Waals surface area (Å²) in [6.07, 6.45) is 0.662. The van der Waals surface area contributed by atoms with Crippen LogP contribution >= 0.6 is 0 Å². The first-order valence-electron chi connectivity index (χ1n) is 5.11. The molecule has 2 nitrogen and oxygen atoms in total. The van der Waals surface area contributed by atoms with Gasteiger partial charge in [0, 0.05) is 17.7 Å². The van der Waals surface area contributed by atoms with E-state index in [0.29, 0.717) is 6.42 Å². The zero-order valence-electron chi connectivity index (χ0n) is 9.08. The van der Waals surface area contributed by atoms with E-state index >= 15 is 0 Å². The number of Topliss-reactive ketones (excluding diaryl/α,β-unsaturated/α-hetero) is 1. The molecule has 0 unspecified atom stereocenters. The van der Waals surface area contributed by atoms with E-state index in [-0.39, 0.29) is 5.78 Å². The van der Waals surface area contributed by atoms with Crippen LogP contribution in [0.5, 0.6) is 0 Å². The molecular weight excluding hydrogens is 186 g/mol. The van der Waals surface area contributed by atoms with E-state index in [1.54, 1.807) is 0 Å². The van der Waals surface area contributed by atoms with E-state index in [2.05, 4.69) is 0 Å². The first kappa shape index (κ1) is 9.97. The van der Waals surface area contributed by atoms with E-state index in [9.17, 15) is 4.79 Å². The van der Waals surface area contributed by atoms with Gasteiger partial charge >= 0.3 is 0 Å². The van der Waals surface area contributed by atoms with Gasteiger partial charge in [0.25, 0.3) is 0 Å². The monoisotopic (exact) mass is 201 g/mol. The molecule has 0 heterocycles. The van der Waals surface area contributed by atoms with Gasteiger partial charge < -0.3 is 5.73 Å². The van der Waals surface area contributed by atoms with E-state index < -0.39 is 5.41 Å². The van der Waals surface area contributed by atoms with Crippen molar-refractivity contribution >= 4 is 5.78 Å². The number of allylic oxidation sites excluding steroid dienone is 2. The number of carbonyl (C=O) groups is 1. The van der Waals surface area contributed by atoms with E-state index in [4.69, 9.17) is 5.73 Å². The normalized spacial score (nSPS) is 18.9. The average molecular weight is 201 g/mol. The molecule has 0 saturated carbocycles. The highest BCUT2D eigenvalue weighted by atomic mass is 16.1. The first-order valence-corrected chi connectivity index (χ1v) is 5.11. The summed E-state index contributed by atoms with van der Waals surface area (Å²) in [6.45, 7) is 3.75. The third-order valence-electron chi connectivity index (χ3n) is 3.06. The number of hydrogen-bond acceptors (Lipinski definition) is 2. The van der Waals surface area contributed by atoms with Gasteiger partial charge in [-0.15, -0.1) is 0 Å². The molecule has 0 aliphatic heterocycles. The first-order chi connectivity index (χ1) is 7.03. The van der Waals surface area contributed by atoms with Crippen molar-refractivity contribution in [1.82, 2.24) is 0 Å². The van der Waals surface area contributed by atoms with Crippen LogP contribution in [0.3, 0.4) is 0 Å². The molecule has 0 bridgehead atoms. The molecule has 0 radical (unpaired) electrons. The van der Waals surface area contributed by atoms with Crippen molar-refractivity contribution in [2.45, 2.75) is 20.3 Å². The van der Waals surface area contributed by atoms with Gasteiger partial charge in [-0.2, -0.15) is 0 Å². The van der Waals surface area contributed by atoms with Crippen LogP contribution in [0.25, 0.3) is 0 Å². The lowest BCUT2D eigenvalue weighted by Crippen LogP contribution is -2.44. The van der Waals surface area contributed by atoms with Gasteiger partial charge in [0.2, 0.25) is 0 Å². The van der Waals surface area contributed by atoms with Gasteiger partial charge in [-0.3, -0.25) is 4.79 Å². The standard InChI is InChI=1S/C13H15NO/c1-13(2)11(14)10(12(13)15)8-9-6-4-3-5-7-9/h3-7H,8,14H2,1-2H3. The molecule has 78 valence electrons. The van der Waals surface area contributed by atoms with E-state index in [1.165, 1.54) is 0 Å². The van der Waals surface area contributed by atoms with Crippen LogP contribution in [-0.2, 0) is 11.2 Å². The molecule has 1 aliphatic rings. The predicted octanol–water partition coefficient (Wildman–Crippen LogP) is 2.05. The van der Waals surface area contributed by atoms with Gasteiger partial charge in [0.15, 0.2) is 5.78 Å². The maximum Gasteiger partial charge on any atom is 0.172 e. The molecule has 0 fully saturated rings. The molecule has 0 amide bonds. The van der Waals surface area contributed by atoms with Gasteiger partial charge in [-0.1, -0.05) is 30.3 Å². The van der Waals surface area contributed by atoms with Crippen molar-refractivity contribution in [3.05, 3.63) is 47.2 Å². The topological polar surface area (TPSA) is 43.1 Å². The third kappa shape index (κ3) is 1.46. The Hall–Kier alpha value is -1.57. The molecule has 1 aliphatic carbocycles. The highest BCUT2D eigenvalue weighted by Gasteiger charge is 2.44. The number of rotatable bonds is 2. The fraction of sp³-hybridized carbons (Fsp3) is 0.308. The van der Waals surface area contributed by atoms with Gasteiger partial charge in [0.05, 0.1) is 5.41 Å². The molecule has 2 heteroatoms. The summed E-state index contributed by atoms with van der Waals surface area (Å²) < 4.78 is 0. The molecule has 2 rings (SSSR count). The summed E-state index contributed by atoms with van der Waals surface area (Å²) >= 11 is 0. The van der Waals surface area contributed by atoms with Gasteiger partial charge in [-0.05, 0) is 19.4 Å². The minimum Gasteiger partial charge on any atom is -0.401 e. The lowest BCUT2D eigenvalue weighted by molar-refractivity contribution is -0.124. The predicted molar refractivity (Wildman–Crippen MR) is 60.1 cm³/mol. The largest absolute Gasteiger partial charge is 0.401 e. The summed E-state index contributed by atoms with van der Waals surface area (Å²) in [5, 5.41) is 0. The second-order valence-corrected chi connectivity index (χ2v) is 4.51. The number of benzene rings is 1.